The van der Waals surface area contributed by atoms with Gasteiger partial charge in [-0.25, -0.2) is 0 Å². The van der Waals surface area contributed by atoms with E-state index < -0.39 is 0 Å². The summed E-state index contributed by atoms with van der Waals surface area (Å²) in [5.74, 6) is 0.220. The molecular weight excluding hydrogens is 178 g/mol. The minimum atomic E-state index is -0.0854. The second-order valence-corrected chi connectivity index (χ2v) is 3.77. The van der Waals surface area contributed by atoms with Gasteiger partial charge in [0.25, 0.3) is 0 Å². The standard InChI is InChI=1S/C11H15NO2/c1-3-14-11(13)7(2)9-6-8-4-5-12-10(8)9/h4-5,7,9,12H,3,6H2,1-2H3. The maximum atomic E-state index is 11.5. The highest BCUT2D eigenvalue weighted by Crippen LogP contribution is 2.39. The number of carbonyl (C=O) groups is 1. The largest absolute Gasteiger partial charge is 0.466 e. The molecule has 14 heavy (non-hydrogen) atoms. The van der Waals surface area contributed by atoms with Crippen LogP contribution in [0.1, 0.15) is 31.0 Å². The minimum Gasteiger partial charge on any atom is -0.466 e. The highest BCUT2D eigenvalue weighted by atomic mass is 16.5. The molecule has 1 aromatic rings. The number of carbonyl (C=O) groups excluding carboxylic acids is 1. The zero-order valence-electron chi connectivity index (χ0n) is 8.54. The van der Waals surface area contributed by atoms with Crippen molar-refractivity contribution in [2.45, 2.75) is 26.2 Å². The zero-order valence-corrected chi connectivity index (χ0v) is 8.54. The van der Waals surface area contributed by atoms with Crippen molar-refractivity contribution in [1.82, 2.24) is 4.98 Å². The molecule has 0 spiro atoms. The van der Waals surface area contributed by atoms with Crippen molar-refractivity contribution in [3.05, 3.63) is 23.5 Å². The van der Waals surface area contributed by atoms with Gasteiger partial charge in [0.15, 0.2) is 0 Å². The number of fused-ring (bicyclic) bond motifs is 1. The van der Waals surface area contributed by atoms with E-state index in [9.17, 15) is 4.79 Å². The first kappa shape index (κ1) is 9.31. The van der Waals surface area contributed by atoms with Gasteiger partial charge in [0, 0.05) is 17.8 Å². The van der Waals surface area contributed by atoms with Gasteiger partial charge in [-0.15, -0.1) is 0 Å². The Hall–Kier alpha value is -1.25. The number of aromatic amines is 1. The van der Waals surface area contributed by atoms with Gasteiger partial charge in [0.1, 0.15) is 0 Å². The summed E-state index contributed by atoms with van der Waals surface area (Å²) in [4.78, 5) is 14.6. The van der Waals surface area contributed by atoms with E-state index in [0.717, 1.165) is 6.42 Å². The van der Waals surface area contributed by atoms with Crippen LogP contribution in [0.5, 0.6) is 0 Å². The lowest BCUT2D eigenvalue weighted by Gasteiger charge is -2.30. The number of hydrogen-bond donors (Lipinski definition) is 1. The minimum absolute atomic E-state index is 0.0268. The summed E-state index contributed by atoms with van der Waals surface area (Å²) in [6.07, 6.45) is 2.93. The van der Waals surface area contributed by atoms with Gasteiger partial charge >= 0.3 is 5.97 Å². The molecule has 76 valence electrons. The van der Waals surface area contributed by atoms with Gasteiger partial charge in [0.05, 0.1) is 12.5 Å². The van der Waals surface area contributed by atoms with E-state index in [-0.39, 0.29) is 11.9 Å². The first-order valence-corrected chi connectivity index (χ1v) is 5.06. The van der Waals surface area contributed by atoms with Gasteiger partial charge in [-0.05, 0) is 25.0 Å². The second kappa shape index (κ2) is 3.48. The van der Waals surface area contributed by atoms with E-state index in [1.54, 1.807) is 0 Å². The third-order valence-electron chi connectivity index (χ3n) is 2.94. The zero-order chi connectivity index (χ0) is 10.1. The molecule has 0 saturated heterocycles. The molecule has 1 aromatic heterocycles. The maximum absolute atomic E-state index is 11.5. The predicted octanol–water partition coefficient (Wildman–Crippen LogP) is 1.85. The van der Waals surface area contributed by atoms with Crippen LogP contribution >= 0.6 is 0 Å². The van der Waals surface area contributed by atoms with Crippen LogP contribution in [-0.2, 0) is 16.0 Å². The van der Waals surface area contributed by atoms with E-state index in [4.69, 9.17) is 4.74 Å². The Bertz CT molecular complexity index is 343. The Kier molecular flexibility index (Phi) is 2.32. The van der Waals surface area contributed by atoms with Crippen LogP contribution in [0.4, 0.5) is 0 Å². The van der Waals surface area contributed by atoms with Gasteiger partial charge in [-0.3, -0.25) is 4.79 Å². The summed E-state index contributed by atoms with van der Waals surface area (Å²) >= 11 is 0. The van der Waals surface area contributed by atoms with Gasteiger partial charge < -0.3 is 9.72 Å². The van der Waals surface area contributed by atoms with Crippen molar-refractivity contribution in [3.63, 3.8) is 0 Å². The maximum Gasteiger partial charge on any atom is 0.309 e. The van der Waals surface area contributed by atoms with Crippen LogP contribution in [0.3, 0.4) is 0 Å². The van der Waals surface area contributed by atoms with Crippen molar-refractivity contribution >= 4 is 5.97 Å². The molecule has 0 saturated carbocycles. The quantitative estimate of drug-likeness (QED) is 0.744. The van der Waals surface area contributed by atoms with Crippen LogP contribution < -0.4 is 0 Å². The lowest BCUT2D eigenvalue weighted by Crippen LogP contribution is -2.29. The monoisotopic (exact) mass is 193 g/mol. The number of esters is 1. The van der Waals surface area contributed by atoms with Crippen molar-refractivity contribution < 1.29 is 9.53 Å². The average Bonchev–Trinajstić information content (AvgIpc) is 2.48. The Morgan fingerprint density at radius 1 is 1.79 bits per heavy atom. The number of H-pyrrole nitrogens is 1. The third-order valence-corrected chi connectivity index (χ3v) is 2.94. The molecule has 3 heteroatoms. The number of aromatic nitrogens is 1. The predicted molar refractivity (Wildman–Crippen MR) is 53.0 cm³/mol. The number of rotatable bonds is 3. The highest BCUT2D eigenvalue weighted by Gasteiger charge is 2.35. The molecular formula is C11H15NO2. The van der Waals surface area contributed by atoms with Gasteiger partial charge in [-0.2, -0.15) is 0 Å². The third kappa shape index (κ3) is 1.33. The summed E-state index contributed by atoms with van der Waals surface area (Å²) in [5, 5.41) is 0. The van der Waals surface area contributed by atoms with Crippen molar-refractivity contribution in [2.75, 3.05) is 6.61 Å². The molecule has 1 aliphatic rings. The van der Waals surface area contributed by atoms with E-state index in [2.05, 4.69) is 11.1 Å². The summed E-state index contributed by atoms with van der Waals surface area (Å²) < 4.78 is 5.00. The molecule has 2 atom stereocenters. The lowest BCUT2D eigenvalue weighted by molar-refractivity contribution is -0.148. The number of hydrogen-bond acceptors (Lipinski definition) is 2. The first-order valence-electron chi connectivity index (χ1n) is 5.06. The molecule has 3 nitrogen and oxygen atoms in total. The van der Waals surface area contributed by atoms with Crippen molar-refractivity contribution in [3.8, 4) is 0 Å². The first-order chi connectivity index (χ1) is 6.74. The highest BCUT2D eigenvalue weighted by molar-refractivity contribution is 5.74. The number of ether oxygens (including phenoxy) is 1. The summed E-state index contributed by atoms with van der Waals surface area (Å²) in [7, 11) is 0. The van der Waals surface area contributed by atoms with Crippen molar-refractivity contribution in [2.24, 2.45) is 5.92 Å². The summed E-state index contributed by atoms with van der Waals surface area (Å²) in [6, 6.07) is 2.07. The SMILES string of the molecule is CCOC(=O)C(C)C1Cc2cc[nH]c21. The molecule has 0 bridgehead atoms. The Balaban J connectivity index is 2.02. The Labute approximate surface area is 83.5 Å². The molecule has 0 amide bonds. The summed E-state index contributed by atoms with van der Waals surface area (Å²) in [6.45, 7) is 4.24. The van der Waals surface area contributed by atoms with Crippen molar-refractivity contribution in [1.29, 1.82) is 0 Å². The van der Waals surface area contributed by atoms with Crippen LogP contribution in [0.25, 0.3) is 0 Å². The fraction of sp³-hybridized carbons (Fsp3) is 0.545. The van der Waals surface area contributed by atoms with Crippen LogP contribution in [0, 0.1) is 5.92 Å². The Morgan fingerprint density at radius 3 is 3.21 bits per heavy atom. The molecule has 0 radical (unpaired) electrons. The fourth-order valence-electron chi connectivity index (χ4n) is 2.01. The van der Waals surface area contributed by atoms with Crippen LogP contribution in [-0.4, -0.2) is 17.6 Å². The molecule has 2 unspecified atom stereocenters. The van der Waals surface area contributed by atoms with E-state index in [0.29, 0.717) is 12.5 Å². The topological polar surface area (TPSA) is 42.1 Å². The van der Waals surface area contributed by atoms with E-state index >= 15 is 0 Å². The molecule has 1 N–H and O–H groups in total. The van der Waals surface area contributed by atoms with Crippen LogP contribution in [0.2, 0.25) is 0 Å². The van der Waals surface area contributed by atoms with Crippen LogP contribution in [0.15, 0.2) is 12.3 Å². The lowest BCUT2D eigenvalue weighted by atomic mass is 9.75. The normalized spacial score (nSPS) is 20.9. The Morgan fingerprint density at radius 2 is 2.57 bits per heavy atom. The molecule has 2 rings (SSSR count). The van der Waals surface area contributed by atoms with Gasteiger partial charge in [-0.1, -0.05) is 6.92 Å². The molecule has 0 aromatic carbocycles. The molecule has 1 aliphatic carbocycles. The molecule has 0 fully saturated rings. The molecule has 0 aliphatic heterocycles. The number of nitrogens with one attached hydrogen (secondary N) is 1. The second-order valence-electron chi connectivity index (χ2n) is 3.77. The average molecular weight is 193 g/mol. The van der Waals surface area contributed by atoms with E-state index in [1.807, 2.05) is 20.0 Å². The molecule has 1 heterocycles. The van der Waals surface area contributed by atoms with Gasteiger partial charge in [0.2, 0.25) is 0 Å². The summed E-state index contributed by atoms with van der Waals surface area (Å²) in [5.41, 5.74) is 2.55. The van der Waals surface area contributed by atoms with E-state index in [1.165, 1.54) is 11.3 Å². The fourth-order valence-corrected chi connectivity index (χ4v) is 2.01. The smallest absolute Gasteiger partial charge is 0.309 e.